The van der Waals surface area contributed by atoms with Gasteiger partial charge >= 0.3 is 5.69 Å². The van der Waals surface area contributed by atoms with E-state index in [0.29, 0.717) is 28.9 Å². The van der Waals surface area contributed by atoms with Crippen molar-refractivity contribution in [3.8, 4) is 0 Å². The third-order valence-corrected chi connectivity index (χ3v) is 4.46. The highest BCUT2D eigenvalue weighted by Crippen LogP contribution is 2.32. The van der Waals surface area contributed by atoms with Gasteiger partial charge in [-0.3, -0.25) is 25.0 Å². The highest BCUT2D eigenvalue weighted by atomic mass is 19.1. The molecule has 0 aliphatic carbocycles. The molecule has 0 saturated heterocycles. The lowest BCUT2D eigenvalue weighted by atomic mass is 10.1. The number of nitro benzene ring substituents is 2. The Bertz CT molecular complexity index is 1230. The van der Waals surface area contributed by atoms with Crippen LogP contribution in [0.5, 0.6) is 0 Å². The van der Waals surface area contributed by atoms with E-state index in [0.717, 1.165) is 0 Å². The van der Waals surface area contributed by atoms with Crippen LogP contribution in [0.25, 0.3) is 6.08 Å². The predicted octanol–water partition coefficient (Wildman–Crippen LogP) is 5.05. The van der Waals surface area contributed by atoms with E-state index in [4.69, 9.17) is 0 Å². The maximum absolute atomic E-state index is 13.9. The molecule has 1 amide bonds. The zero-order chi connectivity index (χ0) is 24.0. The molecule has 0 bridgehead atoms. The van der Waals surface area contributed by atoms with E-state index in [1.165, 1.54) is 36.4 Å². The first-order chi connectivity index (χ1) is 15.7. The summed E-state index contributed by atoms with van der Waals surface area (Å²) in [6.07, 6.45) is 2.83. The number of nitro groups is 2. The summed E-state index contributed by atoms with van der Waals surface area (Å²) in [6, 6.07) is 13.4. The average molecular weight is 454 g/mol. The summed E-state index contributed by atoms with van der Waals surface area (Å²) < 4.78 is 26.8. The van der Waals surface area contributed by atoms with Gasteiger partial charge in [0.25, 0.3) is 5.69 Å². The van der Waals surface area contributed by atoms with Gasteiger partial charge < -0.3 is 10.6 Å². The Morgan fingerprint density at radius 3 is 2.15 bits per heavy atom. The number of amides is 1. The molecule has 0 aliphatic rings. The molecule has 0 radical (unpaired) electrons. The molecule has 0 saturated carbocycles. The van der Waals surface area contributed by atoms with Gasteiger partial charge in [-0.25, -0.2) is 4.39 Å². The highest BCUT2D eigenvalue weighted by Gasteiger charge is 2.24. The van der Waals surface area contributed by atoms with Crippen LogP contribution < -0.4 is 10.6 Å². The van der Waals surface area contributed by atoms with E-state index in [1.54, 1.807) is 24.3 Å². The first kappa shape index (κ1) is 23.0. The highest BCUT2D eigenvalue weighted by molar-refractivity contribution is 6.01. The second-order valence-corrected chi connectivity index (χ2v) is 6.76. The van der Waals surface area contributed by atoms with E-state index < -0.39 is 32.9 Å². The number of hydrogen-bond acceptors (Lipinski definition) is 6. The summed E-state index contributed by atoms with van der Waals surface area (Å²) >= 11 is 0. The molecule has 0 spiro atoms. The van der Waals surface area contributed by atoms with Crippen LogP contribution in [0.4, 0.5) is 31.5 Å². The number of hydrogen-bond donors (Lipinski definition) is 2. The van der Waals surface area contributed by atoms with Crippen molar-refractivity contribution in [3.63, 3.8) is 0 Å². The minimum atomic E-state index is -1.19. The van der Waals surface area contributed by atoms with Crippen LogP contribution in [-0.4, -0.2) is 15.8 Å². The molecular weight excluding hydrogens is 438 g/mol. The molecule has 33 heavy (non-hydrogen) atoms. The molecule has 0 fully saturated rings. The molecule has 0 heterocycles. The fourth-order valence-electron chi connectivity index (χ4n) is 2.82. The van der Waals surface area contributed by atoms with Gasteiger partial charge in [0.05, 0.1) is 15.9 Å². The van der Waals surface area contributed by atoms with Gasteiger partial charge in [-0.15, -0.1) is 0 Å². The molecule has 11 heteroatoms. The third-order valence-electron chi connectivity index (χ3n) is 4.46. The molecule has 0 aliphatic heterocycles. The van der Waals surface area contributed by atoms with Crippen LogP contribution >= 0.6 is 0 Å². The predicted molar refractivity (Wildman–Crippen MR) is 118 cm³/mol. The van der Waals surface area contributed by atoms with Gasteiger partial charge in [0.1, 0.15) is 11.5 Å². The second-order valence-electron chi connectivity index (χ2n) is 6.76. The largest absolute Gasteiger partial charge is 0.375 e. The SMILES string of the molecule is O=C(/C=C/c1ccc(F)cc1)Nc1ccc(CNc2cc(F)c([N+](=O)[O-])cc2[N+](=O)[O-])cc1. The molecule has 0 atom stereocenters. The van der Waals surface area contributed by atoms with Crippen LogP contribution in [-0.2, 0) is 11.3 Å². The smallest absolute Gasteiger partial charge is 0.311 e. The molecule has 168 valence electrons. The minimum absolute atomic E-state index is 0.0663. The van der Waals surface area contributed by atoms with E-state index in [2.05, 4.69) is 10.6 Å². The van der Waals surface area contributed by atoms with Crippen molar-refractivity contribution >= 4 is 34.7 Å². The number of halogens is 2. The Labute approximate surface area is 185 Å². The van der Waals surface area contributed by atoms with Gasteiger partial charge in [-0.05, 0) is 41.5 Å². The molecule has 9 nitrogen and oxygen atoms in total. The number of carbonyl (C=O) groups is 1. The number of anilines is 2. The van der Waals surface area contributed by atoms with Crippen LogP contribution in [0.3, 0.4) is 0 Å². The Hall–Kier alpha value is -4.67. The Morgan fingerprint density at radius 1 is 0.909 bits per heavy atom. The van der Waals surface area contributed by atoms with Crippen molar-refractivity contribution in [1.29, 1.82) is 0 Å². The molecule has 0 unspecified atom stereocenters. The van der Waals surface area contributed by atoms with Crippen molar-refractivity contribution < 1.29 is 23.4 Å². The van der Waals surface area contributed by atoms with Crippen LogP contribution in [0, 0.1) is 31.9 Å². The first-order valence-corrected chi connectivity index (χ1v) is 9.42. The molecule has 3 rings (SSSR count). The average Bonchev–Trinajstić information content (AvgIpc) is 2.77. The van der Waals surface area contributed by atoms with Crippen LogP contribution in [0.1, 0.15) is 11.1 Å². The number of benzene rings is 3. The van der Waals surface area contributed by atoms with Gasteiger partial charge in [0, 0.05) is 24.4 Å². The fraction of sp³-hybridized carbons (Fsp3) is 0.0455. The molecular formula is C22H16F2N4O5. The van der Waals surface area contributed by atoms with E-state index in [9.17, 15) is 33.8 Å². The minimum Gasteiger partial charge on any atom is -0.375 e. The van der Waals surface area contributed by atoms with E-state index in [-0.39, 0.29) is 18.0 Å². The quantitative estimate of drug-likeness (QED) is 0.279. The van der Waals surface area contributed by atoms with Gasteiger partial charge in [-0.2, -0.15) is 4.39 Å². The maximum atomic E-state index is 13.9. The van der Waals surface area contributed by atoms with Crippen LogP contribution in [0.15, 0.2) is 66.7 Å². The van der Waals surface area contributed by atoms with Crippen LogP contribution in [0.2, 0.25) is 0 Å². The number of nitrogens with zero attached hydrogens (tertiary/aromatic N) is 2. The normalized spacial score (nSPS) is 10.7. The van der Waals surface area contributed by atoms with Crippen molar-refractivity contribution in [1.82, 2.24) is 0 Å². The molecule has 0 aromatic heterocycles. The van der Waals surface area contributed by atoms with Crippen molar-refractivity contribution in [2.75, 3.05) is 10.6 Å². The second kappa shape index (κ2) is 10.1. The maximum Gasteiger partial charge on any atom is 0.311 e. The Balaban J connectivity index is 1.62. The van der Waals surface area contributed by atoms with E-state index >= 15 is 0 Å². The zero-order valence-corrected chi connectivity index (χ0v) is 16.8. The van der Waals surface area contributed by atoms with Gasteiger partial charge in [-0.1, -0.05) is 24.3 Å². The monoisotopic (exact) mass is 454 g/mol. The number of carbonyl (C=O) groups excluding carboxylic acids is 1. The van der Waals surface area contributed by atoms with Gasteiger partial charge in [0.2, 0.25) is 11.7 Å². The number of rotatable bonds is 8. The molecule has 3 aromatic rings. The van der Waals surface area contributed by atoms with Crippen molar-refractivity contribution in [2.45, 2.75) is 6.54 Å². The Morgan fingerprint density at radius 2 is 1.55 bits per heavy atom. The summed E-state index contributed by atoms with van der Waals surface area (Å²) in [5.74, 6) is -1.97. The Kier molecular flexibility index (Phi) is 7.03. The lowest BCUT2D eigenvalue weighted by Gasteiger charge is -2.09. The molecule has 2 N–H and O–H groups in total. The van der Waals surface area contributed by atoms with Crippen molar-refractivity contribution in [2.24, 2.45) is 0 Å². The van der Waals surface area contributed by atoms with Crippen molar-refractivity contribution in [3.05, 3.63) is 110 Å². The summed E-state index contributed by atoms with van der Waals surface area (Å²) in [7, 11) is 0. The van der Waals surface area contributed by atoms with E-state index in [1.807, 2.05) is 0 Å². The summed E-state index contributed by atoms with van der Waals surface area (Å²) in [5, 5.41) is 27.3. The van der Waals surface area contributed by atoms with Gasteiger partial charge in [0.15, 0.2) is 0 Å². The molecule has 3 aromatic carbocycles. The summed E-state index contributed by atoms with van der Waals surface area (Å²) in [6.45, 7) is 0.0663. The topological polar surface area (TPSA) is 127 Å². The lowest BCUT2D eigenvalue weighted by Crippen LogP contribution is -2.08. The lowest BCUT2D eigenvalue weighted by molar-refractivity contribution is -0.395. The zero-order valence-electron chi connectivity index (χ0n) is 16.8. The third kappa shape index (κ3) is 6.17. The fourth-order valence-corrected chi connectivity index (χ4v) is 2.82. The summed E-state index contributed by atoms with van der Waals surface area (Å²) in [4.78, 5) is 32.1. The summed E-state index contributed by atoms with van der Waals surface area (Å²) in [5.41, 5.74) is -0.0142. The first-order valence-electron chi connectivity index (χ1n) is 9.42. The standard InChI is InChI=1S/C22H16F2N4O5/c23-16-6-1-14(2-7-16)5-10-22(29)26-17-8-3-15(4-9-17)13-25-19-11-18(24)20(27(30)31)12-21(19)28(32)33/h1-12,25H,13H2,(H,26,29)/b10-5+. The number of nitrogens with one attached hydrogen (secondary N) is 2.